The van der Waals surface area contributed by atoms with Gasteiger partial charge in [-0.1, -0.05) is 45.9 Å². The molecule has 0 aliphatic carbocycles. The van der Waals surface area contributed by atoms with Crippen LogP contribution in [0.15, 0.2) is 18.2 Å². The molecule has 0 atom stereocenters. The van der Waals surface area contributed by atoms with Gasteiger partial charge in [-0.3, -0.25) is 0 Å². The Morgan fingerprint density at radius 1 is 1.20 bits per heavy atom. The fourth-order valence-corrected chi connectivity index (χ4v) is 1.64. The summed E-state index contributed by atoms with van der Waals surface area (Å²) in [6, 6.07) is 6.38. The molecule has 0 heterocycles. The topological polar surface area (TPSA) is 9.23 Å². The van der Waals surface area contributed by atoms with Gasteiger partial charge in [0.1, 0.15) is 5.75 Å². The molecular weight excluding hydrogens is 184 g/mol. The third-order valence-electron chi connectivity index (χ3n) is 2.47. The molecule has 0 aliphatic heterocycles. The van der Waals surface area contributed by atoms with Crippen LogP contribution in [0.4, 0.5) is 0 Å². The Labute approximate surface area is 93.5 Å². The van der Waals surface area contributed by atoms with Crippen molar-refractivity contribution in [2.24, 2.45) is 0 Å². The molecule has 1 aromatic rings. The predicted molar refractivity (Wildman–Crippen MR) is 65.7 cm³/mol. The van der Waals surface area contributed by atoms with E-state index in [4.69, 9.17) is 4.74 Å². The molecule has 0 saturated carbocycles. The monoisotopic (exact) mass is 206 g/mol. The Hall–Kier alpha value is -0.980. The minimum Gasteiger partial charge on any atom is -0.493 e. The van der Waals surface area contributed by atoms with Crippen LogP contribution in [0.3, 0.4) is 0 Å². The number of ether oxygens (including phenoxy) is 1. The molecule has 0 saturated heterocycles. The van der Waals surface area contributed by atoms with E-state index in [1.165, 1.54) is 11.1 Å². The molecule has 0 bridgehead atoms. The summed E-state index contributed by atoms with van der Waals surface area (Å²) in [5, 5.41) is 0. The van der Waals surface area contributed by atoms with Gasteiger partial charge in [-0.05, 0) is 29.9 Å². The lowest BCUT2D eigenvalue weighted by molar-refractivity contribution is 0.306. The molecule has 15 heavy (non-hydrogen) atoms. The molecule has 0 amide bonds. The van der Waals surface area contributed by atoms with Crippen LogP contribution in [0, 0.1) is 6.92 Å². The van der Waals surface area contributed by atoms with Crippen LogP contribution in [-0.4, -0.2) is 6.61 Å². The van der Waals surface area contributed by atoms with Crippen LogP contribution in [0.2, 0.25) is 0 Å². The third-order valence-corrected chi connectivity index (χ3v) is 2.47. The SMILES string of the molecule is CCCOc1c(C)cccc1C(C)(C)C. The Balaban J connectivity index is 3.09. The van der Waals surface area contributed by atoms with Gasteiger partial charge in [0.25, 0.3) is 0 Å². The summed E-state index contributed by atoms with van der Waals surface area (Å²) in [6.07, 6.45) is 1.05. The molecule has 1 aromatic carbocycles. The van der Waals surface area contributed by atoms with E-state index in [2.05, 4.69) is 52.8 Å². The van der Waals surface area contributed by atoms with Gasteiger partial charge in [-0.15, -0.1) is 0 Å². The first-order chi connectivity index (χ1) is 6.96. The maximum absolute atomic E-state index is 5.84. The molecule has 0 aliphatic rings. The standard InChI is InChI=1S/C14H22O/c1-6-10-15-13-11(2)8-7-9-12(13)14(3,4)5/h7-9H,6,10H2,1-5H3. The first kappa shape index (κ1) is 12.1. The molecule has 0 fully saturated rings. The van der Waals surface area contributed by atoms with E-state index in [1.807, 2.05) is 0 Å². The van der Waals surface area contributed by atoms with E-state index in [1.54, 1.807) is 0 Å². The Kier molecular flexibility index (Phi) is 3.78. The normalized spacial score (nSPS) is 11.5. The van der Waals surface area contributed by atoms with Crippen LogP contribution < -0.4 is 4.74 Å². The van der Waals surface area contributed by atoms with Crippen LogP contribution >= 0.6 is 0 Å². The zero-order valence-corrected chi connectivity index (χ0v) is 10.6. The second-order valence-corrected chi connectivity index (χ2v) is 5.05. The molecule has 1 rings (SSSR count). The summed E-state index contributed by atoms with van der Waals surface area (Å²) < 4.78 is 5.84. The van der Waals surface area contributed by atoms with Crippen molar-refractivity contribution < 1.29 is 4.74 Å². The van der Waals surface area contributed by atoms with Crippen LogP contribution in [-0.2, 0) is 5.41 Å². The van der Waals surface area contributed by atoms with Crippen molar-refractivity contribution in [2.45, 2.75) is 46.5 Å². The van der Waals surface area contributed by atoms with Gasteiger partial charge in [0, 0.05) is 0 Å². The molecular formula is C14H22O. The van der Waals surface area contributed by atoms with Crippen molar-refractivity contribution in [1.82, 2.24) is 0 Å². The van der Waals surface area contributed by atoms with Crippen molar-refractivity contribution in [3.05, 3.63) is 29.3 Å². The maximum atomic E-state index is 5.84. The zero-order chi connectivity index (χ0) is 11.5. The Bertz CT molecular complexity index is 321. The second-order valence-electron chi connectivity index (χ2n) is 5.05. The highest BCUT2D eigenvalue weighted by Gasteiger charge is 2.19. The summed E-state index contributed by atoms with van der Waals surface area (Å²) in [6.45, 7) is 11.7. The van der Waals surface area contributed by atoms with E-state index < -0.39 is 0 Å². The van der Waals surface area contributed by atoms with Crippen LogP contribution in [0.25, 0.3) is 0 Å². The number of rotatable bonds is 3. The molecule has 84 valence electrons. The smallest absolute Gasteiger partial charge is 0.125 e. The summed E-state index contributed by atoms with van der Waals surface area (Å²) in [5.74, 6) is 1.08. The summed E-state index contributed by atoms with van der Waals surface area (Å²) in [7, 11) is 0. The number of benzene rings is 1. The van der Waals surface area contributed by atoms with Crippen molar-refractivity contribution in [3.63, 3.8) is 0 Å². The largest absolute Gasteiger partial charge is 0.493 e. The highest BCUT2D eigenvalue weighted by atomic mass is 16.5. The molecule has 0 aromatic heterocycles. The maximum Gasteiger partial charge on any atom is 0.125 e. The van der Waals surface area contributed by atoms with Crippen LogP contribution in [0.1, 0.15) is 45.2 Å². The predicted octanol–water partition coefficient (Wildman–Crippen LogP) is 4.08. The zero-order valence-electron chi connectivity index (χ0n) is 10.6. The van der Waals surface area contributed by atoms with E-state index in [9.17, 15) is 0 Å². The van der Waals surface area contributed by atoms with Gasteiger partial charge in [-0.2, -0.15) is 0 Å². The first-order valence-electron chi connectivity index (χ1n) is 5.69. The molecule has 0 spiro atoms. The average molecular weight is 206 g/mol. The van der Waals surface area contributed by atoms with Crippen molar-refractivity contribution in [2.75, 3.05) is 6.61 Å². The van der Waals surface area contributed by atoms with Gasteiger partial charge < -0.3 is 4.74 Å². The van der Waals surface area contributed by atoms with E-state index in [0.29, 0.717) is 0 Å². The van der Waals surface area contributed by atoms with Crippen LogP contribution in [0.5, 0.6) is 5.75 Å². The van der Waals surface area contributed by atoms with E-state index in [-0.39, 0.29) is 5.41 Å². The van der Waals surface area contributed by atoms with E-state index >= 15 is 0 Å². The number of hydrogen-bond acceptors (Lipinski definition) is 1. The molecule has 1 heteroatoms. The van der Waals surface area contributed by atoms with E-state index in [0.717, 1.165) is 18.8 Å². The Morgan fingerprint density at radius 2 is 1.87 bits per heavy atom. The first-order valence-corrected chi connectivity index (χ1v) is 5.69. The summed E-state index contributed by atoms with van der Waals surface area (Å²) in [5.41, 5.74) is 2.68. The van der Waals surface area contributed by atoms with Crippen molar-refractivity contribution in [1.29, 1.82) is 0 Å². The summed E-state index contributed by atoms with van der Waals surface area (Å²) in [4.78, 5) is 0. The third kappa shape index (κ3) is 2.98. The lowest BCUT2D eigenvalue weighted by atomic mass is 9.85. The molecule has 1 nitrogen and oxygen atoms in total. The molecule has 0 unspecified atom stereocenters. The van der Waals surface area contributed by atoms with Crippen molar-refractivity contribution in [3.8, 4) is 5.75 Å². The Morgan fingerprint density at radius 3 is 2.40 bits per heavy atom. The second kappa shape index (κ2) is 4.69. The van der Waals surface area contributed by atoms with Crippen molar-refractivity contribution >= 4 is 0 Å². The highest BCUT2D eigenvalue weighted by molar-refractivity contribution is 5.44. The van der Waals surface area contributed by atoms with Gasteiger partial charge in [0.15, 0.2) is 0 Å². The fourth-order valence-electron chi connectivity index (χ4n) is 1.64. The van der Waals surface area contributed by atoms with Gasteiger partial charge in [0.2, 0.25) is 0 Å². The summed E-state index contributed by atoms with van der Waals surface area (Å²) >= 11 is 0. The lowest BCUT2D eigenvalue weighted by Crippen LogP contribution is -2.14. The number of para-hydroxylation sites is 1. The molecule has 0 radical (unpaired) electrons. The quantitative estimate of drug-likeness (QED) is 0.724. The lowest BCUT2D eigenvalue weighted by Gasteiger charge is -2.24. The fraction of sp³-hybridized carbons (Fsp3) is 0.571. The van der Waals surface area contributed by atoms with Gasteiger partial charge in [-0.25, -0.2) is 0 Å². The minimum absolute atomic E-state index is 0.148. The number of hydrogen-bond donors (Lipinski definition) is 0. The highest BCUT2D eigenvalue weighted by Crippen LogP contribution is 2.33. The van der Waals surface area contributed by atoms with Gasteiger partial charge >= 0.3 is 0 Å². The number of aryl methyl sites for hydroxylation is 1. The molecule has 0 N–H and O–H groups in total. The average Bonchev–Trinajstić information content (AvgIpc) is 2.14. The van der Waals surface area contributed by atoms with Gasteiger partial charge in [0.05, 0.1) is 6.61 Å². The minimum atomic E-state index is 0.148.